The highest BCUT2D eigenvalue weighted by atomic mass is 16.5. The summed E-state index contributed by atoms with van der Waals surface area (Å²) in [6, 6.07) is 16.6. The van der Waals surface area contributed by atoms with Gasteiger partial charge < -0.3 is 24.8 Å². The SMILES string of the molecule is Cn1cccc1C(=O)N[C@H]1C[C@H]2C(=O)Nc3ccc(/C=C/c4ccc(CN5CCOCC5)cc4)cc3C(=O)N2C1. The quantitative estimate of drug-likeness (QED) is 0.470. The standard InChI is InChI=1S/C31H33N5O4/c1-34-12-2-3-27(34)29(37)32-24-18-28-30(38)33-26-11-10-22(17-25(26)31(39)36(28)20-24)7-4-21-5-8-23(9-6-21)19-35-13-15-40-16-14-35/h2-12,17,24,28H,13-16,18-20H2,1H3,(H,32,37)(H,33,38)/b7-4+/t24-,28-/m0/s1. The Labute approximate surface area is 233 Å². The van der Waals surface area contributed by atoms with E-state index in [9.17, 15) is 14.4 Å². The van der Waals surface area contributed by atoms with Gasteiger partial charge in [-0.2, -0.15) is 0 Å². The fraction of sp³-hybridized carbons (Fsp3) is 0.323. The molecule has 0 aliphatic carbocycles. The fourth-order valence-electron chi connectivity index (χ4n) is 5.64. The van der Waals surface area contributed by atoms with Crippen LogP contribution >= 0.6 is 0 Å². The number of aryl methyl sites for hydroxylation is 1. The van der Waals surface area contributed by atoms with Gasteiger partial charge in [-0.15, -0.1) is 0 Å². The van der Waals surface area contributed by atoms with Crippen LogP contribution in [0.15, 0.2) is 60.8 Å². The van der Waals surface area contributed by atoms with Crippen molar-refractivity contribution in [1.29, 1.82) is 0 Å². The topological polar surface area (TPSA) is 95.9 Å². The van der Waals surface area contributed by atoms with E-state index < -0.39 is 6.04 Å². The Hall–Kier alpha value is -4.21. The van der Waals surface area contributed by atoms with E-state index in [1.807, 2.05) is 24.3 Å². The highest BCUT2D eigenvalue weighted by molar-refractivity contribution is 6.10. The molecule has 3 aromatic rings. The predicted octanol–water partition coefficient (Wildman–Crippen LogP) is 2.99. The molecular weight excluding hydrogens is 506 g/mol. The number of anilines is 1. The normalized spacial score (nSPS) is 21.2. The molecule has 40 heavy (non-hydrogen) atoms. The maximum Gasteiger partial charge on any atom is 0.268 e. The van der Waals surface area contributed by atoms with Crippen molar-refractivity contribution >= 4 is 35.6 Å². The van der Waals surface area contributed by atoms with Gasteiger partial charge in [0.1, 0.15) is 11.7 Å². The molecule has 3 amide bonds. The first-order chi connectivity index (χ1) is 19.4. The molecule has 9 nitrogen and oxygen atoms in total. The van der Waals surface area contributed by atoms with Gasteiger partial charge in [-0.3, -0.25) is 19.3 Å². The van der Waals surface area contributed by atoms with Gasteiger partial charge in [-0.25, -0.2) is 0 Å². The van der Waals surface area contributed by atoms with Gasteiger partial charge in [0.2, 0.25) is 5.91 Å². The second-order valence-electron chi connectivity index (χ2n) is 10.6. The van der Waals surface area contributed by atoms with E-state index in [1.54, 1.807) is 40.9 Å². The zero-order chi connectivity index (χ0) is 27.6. The molecule has 4 heterocycles. The monoisotopic (exact) mass is 539 g/mol. The summed E-state index contributed by atoms with van der Waals surface area (Å²) in [7, 11) is 1.80. The summed E-state index contributed by atoms with van der Waals surface area (Å²) in [4.78, 5) is 43.3. The summed E-state index contributed by atoms with van der Waals surface area (Å²) in [6.07, 6.45) is 6.17. The van der Waals surface area contributed by atoms with Crippen molar-refractivity contribution in [3.8, 4) is 0 Å². The Kier molecular flexibility index (Phi) is 7.23. The molecule has 0 saturated carbocycles. The van der Waals surface area contributed by atoms with Crippen LogP contribution in [0.2, 0.25) is 0 Å². The molecule has 2 fully saturated rings. The Morgan fingerprint density at radius 3 is 2.55 bits per heavy atom. The lowest BCUT2D eigenvalue weighted by atomic mass is 10.1. The van der Waals surface area contributed by atoms with Crippen LogP contribution in [-0.4, -0.2) is 77.0 Å². The third-order valence-corrected chi connectivity index (χ3v) is 7.87. The Morgan fingerprint density at radius 2 is 1.80 bits per heavy atom. The van der Waals surface area contributed by atoms with Gasteiger partial charge in [-0.1, -0.05) is 42.5 Å². The van der Waals surface area contributed by atoms with Gasteiger partial charge >= 0.3 is 0 Å². The zero-order valence-corrected chi connectivity index (χ0v) is 22.5. The minimum absolute atomic E-state index is 0.211. The van der Waals surface area contributed by atoms with E-state index in [1.165, 1.54) is 5.56 Å². The number of ether oxygens (including phenoxy) is 1. The van der Waals surface area contributed by atoms with Crippen LogP contribution in [0, 0.1) is 0 Å². The fourth-order valence-corrected chi connectivity index (χ4v) is 5.64. The molecular formula is C31H33N5O4. The molecule has 2 saturated heterocycles. The molecule has 0 bridgehead atoms. The molecule has 3 aliphatic rings. The number of nitrogens with one attached hydrogen (secondary N) is 2. The lowest BCUT2D eigenvalue weighted by Gasteiger charge is -2.26. The van der Waals surface area contributed by atoms with Crippen molar-refractivity contribution in [3.05, 3.63) is 88.7 Å². The summed E-state index contributed by atoms with van der Waals surface area (Å²) >= 11 is 0. The van der Waals surface area contributed by atoms with Crippen LogP contribution in [0.25, 0.3) is 12.2 Å². The van der Waals surface area contributed by atoms with E-state index >= 15 is 0 Å². The minimum Gasteiger partial charge on any atom is -0.379 e. The maximum absolute atomic E-state index is 13.6. The number of benzene rings is 2. The zero-order valence-electron chi connectivity index (χ0n) is 22.5. The molecule has 206 valence electrons. The Bertz CT molecular complexity index is 1450. The highest BCUT2D eigenvalue weighted by Gasteiger charge is 2.43. The van der Waals surface area contributed by atoms with E-state index in [0.29, 0.717) is 23.4 Å². The first kappa shape index (κ1) is 26.0. The van der Waals surface area contributed by atoms with Crippen LogP contribution < -0.4 is 10.6 Å². The second kappa shape index (κ2) is 11.1. The van der Waals surface area contributed by atoms with Gasteiger partial charge in [0.15, 0.2) is 0 Å². The number of morpholine rings is 1. The number of hydrogen-bond donors (Lipinski definition) is 2. The summed E-state index contributed by atoms with van der Waals surface area (Å²) in [5, 5.41) is 5.91. The van der Waals surface area contributed by atoms with Crippen LogP contribution in [0.3, 0.4) is 0 Å². The van der Waals surface area contributed by atoms with E-state index in [0.717, 1.165) is 44.0 Å². The van der Waals surface area contributed by atoms with Crippen LogP contribution in [0.4, 0.5) is 5.69 Å². The van der Waals surface area contributed by atoms with Crippen LogP contribution in [-0.2, 0) is 23.1 Å². The highest BCUT2D eigenvalue weighted by Crippen LogP contribution is 2.30. The number of aromatic nitrogens is 1. The van der Waals surface area contributed by atoms with Crippen LogP contribution in [0.1, 0.15) is 44.0 Å². The van der Waals surface area contributed by atoms with Gasteiger partial charge in [-0.05, 0) is 47.4 Å². The molecule has 0 radical (unpaired) electrons. The average molecular weight is 540 g/mol. The van der Waals surface area contributed by atoms with E-state index in [4.69, 9.17) is 4.74 Å². The molecule has 0 spiro atoms. The van der Waals surface area contributed by atoms with E-state index in [2.05, 4.69) is 39.8 Å². The van der Waals surface area contributed by atoms with E-state index in [-0.39, 0.29) is 30.3 Å². The Balaban J connectivity index is 1.13. The summed E-state index contributed by atoms with van der Waals surface area (Å²) in [6.45, 7) is 4.69. The smallest absolute Gasteiger partial charge is 0.268 e. The third kappa shape index (κ3) is 5.43. The number of hydrogen-bond acceptors (Lipinski definition) is 5. The van der Waals surface area contributed by atoms with Gasteiger partial charge in [0.25, 0.3) is 11.8 Å². The lowest BCUT2D eigenvalue weighted by molar-refractivity contribution is -0.119. The van der Waals surface area contributed by atoms with Crippen molar-refractivity contribution in [2.24, 2.45) is 7.05 Å². The van der Waals surface area contributed by atoms with Crippen molar-refractivity contribution < 1.29 is 19.1 Å². The number of rotatable bonds is 6. The van der Waals surface area contributed by atoms with Crippen molar-refractivity contribution in [3.63, 3.8) is 0 Å². The van der Waals surface area contributed by atoms with Crippen molar-refractivity contribution in [2.75, 3.05) is 38.2 Å². The molecule has 2 N–H and O–H groups in total. The summed E-state index contributed by atoms with van der Waals surface area (Å²) in [5.41, 5.74) is 4.70. The largest absolute Gasteiger partial charge is 0.379 e. The number of amides is 3. The predicted molar refractivity (Wildman–Crippen MR) is 153 cm³/mol. The first-order valence-corrected chi connectivity index (χ1v) is 13.7. The van der Waals surface area contributed by atoms with Crippen LogP contribution in [0.5, 0.6) is 0 Å². The van der Waals surface area contributed by atoms with Crippen molar-refractivity contribution in [1.82, 2.24) is 19.7 Å². The number of nitrogens with zero attached hydrogens (tertiary/aromatic N) is 3. The average Bonchev–Trinajstić information content (AvgIpc) is 3.57. The number of fused-ring (bicyclic) bond motifs is 2. The van der Waals surface area contributed by atoms with Crippen molar-refractivity contribution in [2.45, 2.75) is 25.0 Å². The first-order valence-electron chi connectivity index (χ1n) is 13.7. The summed E-state index contributed by atoms with van der Waals surface area (Å²) < 4.78 is 7.17. The molecule has 6 rings (SSSR count). The molecule has 2 aromatic carbocycles. The van der Waals surface area contributed by atoms with Gasteiger partial charge in [0.05, 0.1) is 24.5 Å². The molecule has 0 unspecified atom stereocenters. The second-order valence-corrected chi connectivity index (χ2v) is 10.6. The summed E-state index contributed by atoms with van der Waals surface area (Å²) in [5.74, 6) is -0.662. The van der Waals surface area contributed by atoms with Gasteiger partial charge in [0, 0.05) is 45.5 Å². The molecule has 2 atom stereocenters. The maximum atomic E-state index is 13.6. The number of carbonyl (C=O) groups excluding carboxylic acids is 3. The minimum atomic E-state index is -0.631. The molecule has 9 heteroatoms. The lowest BCUT2D eigenvalue weighted by Crippen LogP contribution is -2.41. The molecule has 1 aromatic heterocycles. The Morgan fingerprint density at radius 1 is 1.05 bits per heavy atom. The number of carbonyl (C=O) groups is 3. The molecule has 3 aliphatic heterocycles. The third-order valence-electron chi connectivity index (χ3n) is 7.87.